The summed E-state index contributed by atoms with van der Waals surface area (Å²) in [6.45, 7) is 6.66. The van der Waals surface area contributed by atoms with Crippen LogP contribution in [-0.4, -0.2) is 31.1 Å². The zero-order chi connectivity index (χ0) is 7.98. The molecule has 1 N–H and O–H groups in total. The van der Waals surface area contributed by atoms with Crippen LogP contribution in [0.2, 0.25) is 0 Å². The molecule has 0 aromatic carbocycles. The van der Waals surface area contributed by atoms with Crippen LogP contribution < -0.4 is 5.32 Å². The van der Waals surface area contributed by atoms with E-state index < -0.39 is 0 Å². The molecule has 0 heterocycles. The molecule has 2 amide bonds. The van der Waals surface area contributed by atoms with Crippen LogP contribution in [0.15, 0.2) is 12.7 Å². The van der Waals surface area contributed by atoms with Crippen molar-refractivity contribution < 1.29 is 4.79 Å². The Balaban J connectivity index is 3.51. The summed E-state index contributed by atoms with van der Waals surface area (Å²) < 4.78 is 0. The molecule has 3 heteroatoms. The highest BCUT2D eigenvalue weighted by Crippen LogP contribution is 1.80. The number of nitrogens with one attached hydrogen (secondary N) is 1. The summed E-state index contributed by atoms with van der Waals surface area (Å²) in [5.74, 6) is 0. The van der Waals surface area contributed by atoms with Crippen LogP contribution in [-0.2, 0) is 0 Å². The van der Waals surface area contributed by atoms with E-state index in [1.165, 1.54) is 0 Å². The van der Waals surface area contributed by atoms with Gasteiger partial charge in [0.2, 0.25) is 0 Å². The maximum Gasteiger partial charge on any atom is 0.317 e. The molecule has 0 aromatic heterocycles. The molecule has 0 aliphatic rings. The van der Waals surface area contributed by atoms with E-state index in [0.29, 0.717) is 6.54 Å². The Hall–Kier alpha value is -0.990. The van der Waals surface area contributed by atoms with E-state index >= 15 is 0 Å². The summed E-state index contributed by atoms with van der Waals surface area (Å²) in [4.78, 5) is 12.5. The number of rotatable bonds is 3. The molecule has 0 saturated heterocycles. The minimum atomic E-state index is -0.0533. The first kappa shape index (κ1) is 9.01. The number of urea groups is 1. The second-order valence-electron chi connectivity index (χ2n) is 1.99. The van der Waals surface area contributed by atoms with Crippen LogP contribution in [0.4, 0.5) is 4.79 Å². The van der Waals surface area contributed by atoms with Gasteiger partial charge >= 0.3 is 6.03 Å². The van der Waals surface area contributed by atoms with E-state index in [0.717, 1.165) is 6.54 Å². The van der Waals surface area contributed by atoms with E-state index in [1.807, 2.05) is 6.92 Å². The fraction of sp³-hybridized carbons (Fsp3) is 0.571. The Labute approximate surface area is 61.7 Å². The Morgan fingerprint density at radius 2 is 2.40 bits per heavy atom. The molecule has 0 spiro atoms. The number of hydrogen-bond acceptors (Lipinski definition) is 1. The fourth-order valence-corrected chi connectivity index (χ4v) is 0.438. The highest BCUT2D eigenvalue weighted by atomic mass is 16.2. The van der Waals surface area contributed by atoms with Crippen molar-refractivity contribution in [3.05, 3.63) is 12.7 Å². The topological polar surface area (TPSA) is 32.3 Å². The quantitative estimate of drug-likeness (QED) is 0.582. The second kappa shape index (κ2) is 4.85. The van der Waals surface area contributed by atoms with E-state index in [4.69, 9.17) is 0 Å². The van der Waals surface area contributed by atoms with Gasteiger partial charge in [-0.1, -0.05) is 6.08 Å². The molecule has 0 aliphatic heterocycles. The highest BCUT2D eigenvalue weighted by molar-refractivity contribution is 5.73. The maximum atomic E-state index is 10.9. The maximum absolute atomic E-state index is 10.9. The summed E-state index contributed by atoms with van der Waals surface area (Å²) >= 11 is 0. The molecule has 0 bridgehead atoms. The van der Waals surface area contributed by atoms with Crippen molar-refractivity contribution >= 4 is 6.03 Å². The van der Waals surface area contributed by atoms with Gasteiger partial charge < -0.3 is 10.2 Å². The van der Waals surface area contributed by atoms with Crippen LogP contribution in [0.5, 0.6) is 0 Å². The van der Waals surface area contributed by atoms with Crippen LogP contribution in [0.3, 0.4) is 0 Å². The van der Waals surface area contributed by atoms with Gasteiger partial charge in [0, 0.05) is 20.1 Å². The summed E-state index contributed by atoms with van der Waals surface area (Å²) in [7, 11) is 1.75. The zero-order valence-electron chi connectivity index (χ0n) is 6.55. The van der Waals surface area contributed by atoms with Gasteiger partial charge in [0.25, 0.3) is 0 Å². The van der Waals surface area contributed by atoms with Gasteiger partial charge in [-0.05, 0) is 6.92 Å². The third-order valence-electron chi connectivity index (χ3n) is 1.22. The van der Waals surface area contributed by atoms with E-state index in [9.17, 15) is 4.79 Å². The van der Waals surface area contributed by atoms with Gasteiger partial charge in [0.1, 0.15) is 0 Å². The van der Waals surface area contributed by atoms with Crippen LogP contribution in [0.25, 0.3) is 0 Å². The number of carbonyl (C=O) groups excluding carboxylic acids is 1. The Kier molecular flexibility index (Phi) is 4.37. The highest BCUT2D eigenvalue weighted by Gasteiger charge is 2.01. The predicted octanol–water partition coefficient (Wildman–Crippen LogP) is 0.834. The Morgan fingerprint density at radius 1 is 1.80 bits per heavy atom. The molecule has 10 heavy (non-hydrogen) atoms. The predicted molar refractivity (Wildman–Crippen MR) is 41.9 cm³/mol. The first-order chi connectivity index (χ1) is 4.72. The average molecular weight is 142 g/mol. The van der Waals surface area contributed by atoms with Gasteiger partial charge in [-0.15, -0.1) is 6.58 Å². The van der Waals surface area contributed by atoms with Gasteiger partial charge in [0.15, 0.2) is 0 Å². The van der Waals surface area contributed by atoms with Crippen molar-refractivity contribution in [3.8, 4) is 0 Å². The molecule has 0 rings (SSSR count). The third kappa shape index (κ3) is 3.12. The Morgan fingerprint density at radius 3 is 2.80 bits per heavy atom. The van der Waals surface area contributed by atoms with E-state index in [-0.39, 0.29) is 6.03 Å². The monoisotopic (exact) mass is 142 g/mol. The van der Waals surface area contributed by atoms with Crippen LogP contribution in [0, 0.1) is 0 Å². The molecule has 0 radical (unpaired) electrons. The zero-order valence-corrected chi connectivity index (χ0v) is 6.55. The van der Waals surface area contributed by atoms with Crippen molar-refractivity contribution in [3.63, 3.8) is 0 Å². The van der Waals surface area contributed by atoms with E-state index in [2.05, 4.69) is 11.9 Å². The standard InChI is InChI=1S/C7H14N2O/c1-4-6-8-7(10)9(3)5-2/h4H,1,5-6H2,2-3H3,(H,8,10). The lowest BCUT2D eigenvalue weighted by atomic mass is 10.6. The molecule has 0 aromatic rings. The average Bonchev–Trinajstić information content (AvgIpc) is 1.98. The minimum Gasteiger partial charge on any atom is -0.335 e. The fourth-order valence-electron chi connectivity index (χ4n) is 0.438. The number of nitrogens with zero attached hydrogens (tertiary/aromatic N) is 1. The van der Waals surface area contributed by atoms with Crippen molar-refractivity contribution in [1.82, 2.24) is 10.2 Å². The first-order valence-electron chi connectivity index (χ1n) is 3.32. The number of carbonyl (C=O) groups is 1. The van der Waals surface area contributed by atoms with Crippen molar-refractivity contribution in [2.75, 3.05) is 20.1 Å². The van der Waals surface area contributed by atoms with Gasteiger partial charge in [-0.3, -0.25) is 0 Å². The normalized spacial score (nSPS) is 8.60. The molecular weight excluding hydrogens is 128 g/mol. The summed E-state index contributed by atoms with van der Waals surface area (Å²) in [6, 6.07) is -0.0533. The smallest absolute Gasteiger partial charge is 0.317 e. The molecule has 3 nitrogen and oxygen atoms in total. The van der Waals surface area contributed by atoms with Crippen molar-refractivity contribution in [1.29, 1.82) is 0 Å². The lowest BCUT2D eigenvalue weighted by Gasteiger charge is -2.13. The molecule has 58 valence electrons. The Bertz CT molecular complexity index is 123. The molecule has 0 aliphatic carbocycles. The number of amides is 2. The van der Waals surface area contributed by atoms with E-state index in [1.54, 1.807) is 18.0 Å². The molecule has 0 saturated carbocycles. The van der Waals surface area contributed by atoms with Gasteiger partial charge in [-0.2, -0.15) is 0 Å². The van der Waals surface area contributed by atoms with Crippen molar-refractivity contribution in [2.24, 2.45) is 0 Å². The van der Waals surface area contributed by atoms with Gasteiger partial charge in [-0.25, -0.2) is 4.79 Å². The first-order valence-corrected chi connectivity index (χ1v) is 3.32. The summed E-state index contributed by atoms with van der Waals surface area (Å²) in [6.07, 6.45) is 1.65. The summed E-state index contributed by atoms with van der Waals surface area (Å²) in [5, 5.41) is 2.65. The summed E-state index contributed by atoms with van der Waals surface area (Å²) in [5.41, 5.74) is 0. The largest absolute Gasteiger partial charge is 0.335 e. The van der Waals surface area contributed by atoms with Crippen molar-refractivity contribution in [2.45, 2.75) is 6.92 Å². The lowest BCUT2D eigenvalue weighted by Crippen LogP contribution is -2.36. The molecule has 0 unspecified atom stereocenters. The SMILES string of the molecule is C=CCNC(=O)N(C)CC. The molecule has 0 atom stereocenters. The second-order valence-corrected chi connectivity index (χ2v) is 1.99. The van der Waals surface area contributed by atoms with Crippen LogP contribution in [0.1, 0.15) is 6.92 Å². The number of hydrogen-bond donors (Lipinski definition) is 1. The molecular formula is C7H14N2O. The third-order valence-corrected chi connectivity index (χ3v) is 1.22. The minimum absolute atomic E-state index is 0.0533. The molecule has 0 fully saturated rings. The van der Waals surface area contributed by atoms with Gasteiger partial charge in [0.05, 0.1) is 0 Å². The van der Waals surface area contributed by atoms with Crippen LogP contribution >= 0.6 is 0 Å². The lowest BCUT2D eigenvalue weighted by molar-refractivity contribution is 0.212.